The second-order valence-electron chi connectivity index (χ2n) is 7.67. The molecule has 3 rings (SSSR count). The molecule has 3 aromatic rings. The average Bonchev–Trinajstić information content (AvgIpc) is 3.22. The van der Waals surface area contributed by atoms with E-state index >= 15 is 0 Å². The Bertz CT molecular complexity index is 1000. The Kier molecular flexibility index (Phi) is 9.38. The number of aryl methyl sites for hydroxylation is 1. The van der Waals surface area contributed by atoms with Crippen molar-refractivity contribution in [2.45, 2.75) is 38.5 Å². The first-order chi connectivity index (χ1) is 15.5. The van der Waals surface area contributed by atoms with E-state index in [1.807, 2.05) is 23.1 Å². The lowest BCUT2D eigenvalue weighted by Gasteiger charge is -2.24. The SMILES string of the molecule is CCN(CC)CCN(C(=O)CCCSc1ccc(OC)cc1)c1nc2ccc(C)cc2s1. The lowest BCUT2D eigenvalue weighted by atomic mass is 10.2. The number of aromatic nitrogens is 1. The summed E-state index contributed by atoms with van der Waals surface area (Å²) in [4.78, 5) is 23.4. The molecule has 1 amide bonds. The molecule has 0 radical (unpaired) electrons. The number of amides is 1. The highest BCUT2D eigenvalue weighted by molar-refractivity contribution is 7.99. The number of carbonyl (C=O) groups is 1. The van der Waals surface area contributed by atoms with Gasteiger partial charge in [0.25, 0.3) is 0 Å². The van der Waals surface area contributed by atoms with E-state index in [2.05, 4.69) is 49.9 Å². The van der Waals surface area contributed by atoms with Crippen LogP contribution in [0.5, 0.6) is 5.75 Å². The molecule has 5 nitrogen and oxygen atoms in total. The van der Waals surface area contributed by atoms with E-state index in [9.17, 15) is 4.79 Å². The molecular weight excluding hydrogens is 438 g/mol. The van der Waals surface area contributed by atoms with E-state index in [-0.39, 0.29) is 5.91 Å². The van der Waals surface area contributed by atoms with Gasteiger partial charge in [-0.3, -0.25) is 9.69 Å². The van der Waals surface area contributed by atoms with E-state index in [0.29, 0.717) is 13.0 Å². The van der Waals surface area contributed by atoms with Crippen LogP contribution >= 0.6 is 23.1 Å². The third kappa shape index (κ3) is 6.70. The molecule has 0 fully saturated rings. The summed E-state index contributed by atoms with van der Waals surface area (Å²) >= 11 is 3.39. The van der Waals surface area contributed by atoms with Gasteiger partial charge in [0.15, 0.2) is 5.13 Å². The molecule has 0 spiro atoms. The first kappa shape index (κ1) is 24.6. The van der Waals surface area contributed by atoms with Crippen molar-refractivity contribution in [2.24, 2.45) is 0 Å². The number of nitrogens with zero attached hydrogens (tertiary/aromatic N) is 3. The molecule has 0 N–H and O–H groups in total. The lowest BCUT2D eigenvalue weighted by Crippen LogP contribution is -2.38. The number of anilines is 1. The van der Waals surface area contributed by atoms with E-state index in [1.54, 1.807) is 30.2 Å². The predicted molar refractivity (Wildman–Crippen MR) is 137 cm³/mol. The number of benzene rings is 2. The first-order valence-corrected chi connectivity index (χ1v) is 13.0. The van der Waals surface area contributed by atoms with Crippen LogP contribution < -0.4 is 9.64 Å². The van der Waals surface area contributed by atoms with Crippen LogP contribution in [-0.4, -0.2) is 54.8 Å². The van der Waals surface area contributed by atoms with E-state index < -0.39 is 0 Å². The molecular formula is C25H33N3O2S2. The van der Waals surface area contributed by atoms with Crippen LogP contribution in [-0.2, 0) is 4.79 Å². The molecule has 2 aromatic carbocycles. The van der Waals surface area contributed by atoms with Crippen LogP contribution in [0.15, 0.2) is 47.4 Å². The number of rotatable bonds is 12. The number of thioether (sulfide) groups is 1. The van der Waals surface area contributed by atoms with Gasteiger partial charge in [-0.15, -0.1) is 11.8 Å². The van der Waals surface area contributed by atoms with Crippen molar-refractivity contribution >= 4 is 44.4 Å². The van der Waals surface area contributed by atoms with Gasteiger partial charge in [0.05, 0.1) is 17.3 Å². The largest absolute Gasteiger partial charge is 0.497 e. The highest BCUT2D eigenvalue weighted by Gasteiger charge is 2.20. The molecule has 0 aliphatic rings. The van der Waals surface area contributed by atoms with E-state index in [1.165, 1.54) is 10.5 Å². The molecule has 0 unspecified atom stereocenters. The predicted octanol–water partition coefficient (Wildman–Crippen LogP) is 5.86. The Labute approximate surface area is 199 Å². The summed E-state index contributed by atoms with van der Waals surface area (Å²) in [6, 6.07) is 14.3. The molecule has 0 saturated heterocycles. The zero-order chi connectivity index (χ0) is 22.9. The minimum atomic E-state index is 0.156. The van der Waals surface area contributed by atoms with Gasteiger partial charge in [0.1, 0.15) is 5.75 Å². The topological polar surface area (TPSA) is 45.7 Å². The Balaban J connectivity index is 1.63. The van der Waals surface area contributed by atoms with Gasteiger partial charge < -0.3 is 9.64 Å². The molecule has 0 atom stereocenters. The van der Waals surface area contributed by atoms with Gasteiger partial charge in [0.2, 0.25) is 5.91 Å². The zero-order valence-corrected chi connectivity index (χ0v) is 21.1. The van der Waals surface area contributed by atoms with Gasteiger partial charge in [-0.1, -0.05) is 31.3 Å². The highest BCUT2D eigenvalue weighted by Crippen LogP contribution is 2.30. The third-order valence-corrected chi connectivity index (χ3v) is 7.60. The van der Waals surface area contributed by atoms with Gasteiger partial charge in [-0.25, -0.2) is 4.98 Å². The summed E-state index contributed by atoms with van der Waals surface area (Å²) in [6.07, 6.45) is 1.36. The Morgan fingerprint density at radius 2 is 1.84 bits per heavy atom. The van der Waals surface area contributed by atoms with Crippen molar-refractivity contribution in [1.82, 2.24) is 9.88 Å². The Hall–Kier alpha value is -2.09. The summed E-state index contributed by atoms with van der Waals surface area (Å²) in [5, 5.41) is 0.811. The summed E-state index contributed by atoms with van der Waals surface area (Å²) in [7, 11) is 1.67. The van der Waals surface area contributed by atoms with Crippen LogP contribution in [0.25, 0.3) is 10.2 Å². The maximum absolute atomic E-state index is 13.2. The number of methoxy groups -OCH3 is 1. The molecule has 1 aromatic heterocycles. The number of ether oxygens (including phenoxy) is 1. The monoisotopic (exact) mass is 471 g/mol. The third-order valence-electron chi connectivity index (χ3n) is 5.46. The number of thiazole rings is 1. The van der Waals surface area contributed by atoms with Gasteiger partial charge >= 0.3 is 0 Å². The fraction of sp³-hybridized carbons (Fsp3) is 0.440. The minimum Gasteiger partial charge on any atom is -0.497 e. The molecule has 0 bridgehead atoms. The Morgan fingerprint density at radius 3 is 2.53 bits per heavy atom. The number of likely N-dealkylation sites (N-methyl/N-ethyl adjacent to an activating group) is 1. The van der Waals surface area contributed by atoms with E-state index in [4.69, 9.17) is 9.72 Å². The van der Waals surface area contributed by atoms with Crippen LogP contribution in [0.4, 0.5) is 5.13 Å². The molecule has 172 valence electrons. The summed E-state index contributed by atoms with van der Waals surface area (Å²) in [6.45, 7) is 9.90. The summed E-state index contributed by atoms with van der Waals surface area (Å²) in [5.41, 5.74) is 2.18. The van der Waals surface area contributed by atoms with Crippen LogP contribution in [0.3, 0.4) is 0 Å². The molecule has 0 aliphatic carbocycles. The second-order valence-corrected chi connectivity index (χ2v) is 9.84. The van der Waals surface area contributed by atoms with Crippen molar-refractivity contribution in [1.29, 1.82) is 0 Å². The van der Waals surface area contributed by atoms with Crippen LogP contribution in [0.2, 0.25) is 0 Å². The van der Waals surface area contributed by atoms with Crippen molar-refractivity contribution in [3.63, 3.8) is 0 Å². The smallest absolute Gasteiger partial charge is 0.228 e. The molecule has 0 saturated carbocycles. The summed E-state index contributed by atoms with van der Waals surface area (Å²) in [5.74, 6) is 1.92. The van der Waals surface area contributed by atoms with Crippen LogP contribution in [0.1, 0.15) is 32.3 Å². The highest BCUT2D eigenvalue weighted by atomic mass is 32.2. The standard InChI is InChI=1S/C25H33N3O2S2/c1-5-27(6-2)15-16-28(25-26-22-14-9-19(3)18-23(22)32-25)24(29)8-7-17-31-21-12-10-20(30-4)11-13-21/h9-14,18H,5-8,15-17H2,1-4H3. The van der Waals surface area contributed by atoms with Crippen molar-refractivity contribution < 1.29 is 9.53 Å². The number of hydrogen-bond donors (Lipinski definition) is 0. The molecule has 0 aliphatic heterocycles. The maximum Gasteiger partial charge on any atom is 0.228 e. The summed E-state index contributed by atoms with van der Waals surface area (Å²) < 4.78 is 6.35. The van der Waals surface area contributed by atoms with Gasteiger partial charge in [0, 0.05) is 24.4 Å². The van der Waals surface area contributed by atoms with E-state index in [0.717, 1.165) is 52.9 Å². The number of carbonyl (C=O) groups excluding carboxylic acids is 1. The second kappa shape index (κ2) is 12.2. The quantitative estimate of drug-likeness (QED) is 0.244. The minimum absolute atomic E-state index is 0.156. The number of fused-ring (bicyclic) bond motifs is 1. The fourth-order valence-electron chi connectivity index (χ4n) is 3.46. The zero-order valence-electron chi connectivity index (χ0n) is 19.5. The van der Waals surface area contributed by atoms with Gasteiger partial charge in [-0.2, -0.15) is 0 Å². The average molecular weight is 472 g/mol. The number of hydrogen-bond acceptors (Lipinski definition) is 6. The van der Waals surface area contributed by atoms with Gasteiger partial charge in [-0.05, 0) is 74.1 Å². The normalized spacial score (nSPS) is 11.3. The Morgan fingerprint density at radius 1 is 1.09 bits per heavy atom. The van der Waals surface area contributed by atoms with Crippen molar-refractivity contribution in [3.8, 4) is 5.75 Å². The maximum atomic E-state index is 13.2. The van der Waals surface area contributed by atoms with Crippen LogP contribution in [0, 0.1) is 6.92 Å². The molecule has 7 heteroatoms. The van der Waals surface area contributed by atoms with Crippen molar-refractivity contribution in [2.75, 3.05) is 43.9 Å². The lowest BCUT2D eigenvalue weighted by molar-refractivity contribution is -0.118. The first-order valence-electron chi connectivity index (χ1n) is 11.2. The molecule has 1 heterocycles. The molecule has 32 heavy (non-hydrogen) atoms. The van der Waals surface area contributed by atoms with Crippen molar-refractivity contribution in [3.05, 3.63) is 48.0 Å². The fourth-order valence-corrected chi connectivity index (χ4v) is 5.42.